The van der Waals surface area contributed by atoms with Crippen LogP contribution in [0.15, 0.2) is 21.7 Å². The summed E-state index contributed by atoms with van der Waals surface area (Å²) in [4.78, 5) is 14.0. The van der Waals surface area contributed by atoms with Crippen molar-refractivity contribution in [3.8, 4) is 0 Å². The SMILES string of the molecule is CC1(C)CN(C(=O)CSc2cccs2)CC(CO)O1. The molecule has 0 aliphatic carbocycles. The maximum Gasteiger partial charge on any atom is 0.233 e. The number of hydrogen-bond acceptors (Lipinski definition) is 5. The van der Waals surface area contributed by atoms with Gasteiger partial charge in [0.1, 0.15) is 0 Å². The lowest BCUT2D eigenvalue weighted by atomic mass is 10.1. The van der Waals surface area contributed by atoms with Gasteiger partial charge in [-0.25, -0.2) is 0 Å². The monoisotopic (exact) mass is 301 g/mol. The van der Waals surface area contributed by atoms with E-state index in [1.54, 1.807) is 28.0 Å². The number of nitrogens with zero attached hydrogens (tertiary/aromatic N) is 1. The van der Waals surface area contributed by atoms with E-state index in [0.717, 1.165) is 4.21 Å². The van der Waals surface area contributed by atoms with Crippen LogP contribution in [0.1, 0.15) is 13.8 Å². The first-order valence-electron chi connectivity index (χ1n) is 6.23. The summed E-state index contributed by atoms with van der Waals surface area (Å²) in [5.41, 5.74) is -0.394. The summed E-state index contributed by atoms with van der Waals surface area (Å²) in [6.45, 7) is 4.89. The Labute approximate surface area is 121 Å². The summed E-state index contributed by atoms with van der Waals surface area (Å²) in [7, 11) is 0. The molecule has 1 N–H and O–H groups in total. The van der Waals surface area contributed by atoms with Gasteiger partial charge in [-0.15, -0.1) is 23.1 Å². The maximum absolute atomic E-state index is 12.2. The average molecular weight is 301 g/mol. The molecule has 6 heteroatoms. The van der Waals surface area contributed by atoms with Crippen LogP contribution in [0.4, 0.5) is 0 Å². The first-order chi connectivity index (χ1) is 9.00. The van der Waals surface area contributed by atoms with Crippen LogP contribution in [0.3, 0.4) is 0 Å². The first kappa shape index (κ1) is 14.8. The molecule has 1 aromatic rings. The smallest absolute Gasteiger partial charge is 0.233 e. The van der Waals surface area contributed by atoms with Crippen LogP contribution in [-0.4, -0.2) is 53.1 Å². The van der Waals surface area contributed by atoms with Crippen LogP contribution in [-0.2, 0) is 9.53 Å². The van der Waals surface area contributed by atoms with Crippen molar-refractivity contribution < 1.29 is 14.6 Å². The summed E-state index contributed by atoms with van der Waals surface area (Å²) in [5.74, 6) is 0.544. The van der Waals surface area contributed by atoms with Crippen molar-refractivity contribution in [2.45, 2.75) is 29.8 Å². The third kappa shape index (κ3) is 4.21. The molecule has 0 saturated carbocycles. The van der Waals surface area contributed by atoms with Crippen LogP contribution in [0.5, 0.6) is 0 Å². The molecule has 0 radical (unpaired) electrons. The molecule has 4 nitrogen and oxygen atoms in total. The van der Waals surface area contributed by atoms with E-state index in [1.165, 1.54) is 0 Å². The van der Waals surface area contributed by atoms with Crippen LogP contribution >= 0.6 is 23.1 Å². The molecule has 1 fully saturated rings. The minimum atomic E-state index is -0.394. The molecule has 1 atom stereocenters. The van der Waals surface area contributed by atoms with Gasteiger partial charge in [-0.3, -0.25) is 4.79 Å². The van der Waals surface area contributed by atoms with Gasteiger partial charge < -0.3 is 14.7 Å². The summed E-state index contributed by atoms with van der Waals surface area (Å²) < 4.78 is 6.86. The molecule has 19 heavy (non-hydrogen) atoms. The fourth-order valence-electron chi connectivity index (χ4n) is 2.15. The number of carbonyl (C=O) groups excluding carboxylic acids is 1. The summed E-state index contributed by atoms with van der Waals surface area (Å²) in [6.07, 6.45) is -0.278. The number of aliphatic hydroxyl groups is 1. The Morgan fingerprint density at radius 1 is 1.68 bits per heavy atom. The third-order valence-corrected chi connectivity index (χ3v) is 4.99. The van der Waals surface area contributed by atoms with Gasteiger partial charge in [-0.1, -0.05) is 6.07 Å². The molecule has 0 aromatic carbocycles. The lowest BCUT2D eigenvalue weighted by Gasteiger charge is -2.42. The first-order valence-corrected chi connectivity index (χ1v) is 8.09. The second-order valence-corrected chi connectivity index (χ2v) is 7.40. The Bertz CT molecular complexity index is 420. The largest absolute Gasteiger partial charge is 0.394 e. The number of amides is 1. The molecule has 106 valence electrons. The van der Waals surface area contributed by atoms with E-state index in [4.69, 9.17) is 4.74 Å². The molecular weight excluding hydrogens is 282 g/mol. The van der Waals surface area contributed by atoms with Gasteiger partial charge in [0.2, 0.25) is 5.91 Å². The van der Waals surface area contributed by atoms with E-state index in [-0.39, 0.29) is 18.6 Å². The number of thioether (sulfide) groups is 1. The molecule has 2 rings (SSSR count). The zero-order valence-electron chi connectivity index (χ0n) is 11.2. The predicted octanol–water partition coefficient (Wildman–Crippen LogP) is 1.84. The van der Waals surface area contributed by atoms with E-state index < -0.39 is 5.60 Å². The zero-order chi connectivity index (χ0) is 13.9. The average Bonchev–Trinajstić information content (AvgIpc) is 2.87. The molecule has 1 aromatic heterocycles. The van der Waals surface area contributed by atoms with Crippen molar-refractivity contribution in [2.75, 3.05) is 25.4 Å². The molecule has 0 bridgehead atoms. The topological polar surface area (TPSA) is 49.8 Å². The molecule has 2 heterocycles. The highest BCUT2D eigenvalue weighted by Crippen LogP contribution is 2.25. The fourth-order valence-corrected chi connectivity index (χ4v) is 3.84. The Morgan fingerprint density at radius 3 is 3.11 bits per heavy atom. The van der Waals surface area contributed by atoms with E-state index in [9.17, 15) is 9.90 Å². The second kappa shape index (κ2) is 6.26. The van der Waals surface area contributed by atoms with Gasteiger partial charge in [0.05, 0.1) is 28.3 Å². The number of morpholine rings is 1. The van der Waals surface area contributed by atoms with Crippen molar-refractivity contribution >= 4 is 29.0 Å². The second-order valence-electron chi connectivity index (χ2n) is 5.18. The van der Waals surface area contributed by atoms with Crippen molar-refractivity contribution in [2.24, 2.45) is 0 Å². The number of rotatable bonds is 4. The zero-order valence-corrected chi connectivity index (χ0v) is 12.8. The Kier molecular flexibility index (Phi) is 4.89. The van der Waals surface area contributed by atoms with Crippen molar-refractivity contribution in [1.82, 2.24) is 4.90 Å². The normalized spacial score (nSPS) is 22.5. The van der Waals surface area contributed by atoms with Crippen LogP contribution < -0.4 is 0 Å². The van der Waals surface area contributed by atoms with Crippen LogP contribution in [0, 0.1) is 0 Å². The Balaban J connectivity index is 1.90. The van der Waals surface area contributed by atoms with Crippen molar-refractivity contribution in [3.63, 3.8) is 0 Å². The molecule has 1 aliphatic heterocycles. The molecule has 0 spiro atoms. The Morgan fingerprint density at radius 2 is 2.47 bits per heavy atom. The van der Waals surface area contributed by atoms with E-state index in [1.807, 2.05) is 31.4 Å². The number of hydrogen-bond donors (Lipinski definition) is 1. The molecule has 1 unspecified atom stereocenters. The maximum atomic E-state index is 12.2. The summed E-state index contributed by atoms with van der Waals surface area (Å²) in [5, 5.41) is 11.2. The summed E-state index contributed by atoms with van der Waals surface area (Å²) >= 11 is 3.21. The highest BCUT2D eigenvalue weighted by atomic mass is 32.2. The van der Waals surface area contributed by atoms with Crippen LogP contribution in [0.25, 0.3) is 0 Å². The minimum absolute atomic E-state index is 0.0503. The number of thiophene rings is 1. The predicted molar refractivity (Wildman–Crippen MR) is 77.7 cm³/mol. The number of ether oxygens (including phenoxy) is 1. The minimum Gasteiger partial charge on any atom is -0.394 e. The van der Waals surface area contributed by atoms with Crippen LogP contribution in [0.2, 0.25) is 0 Å². The lowest BCUT2D eigenvalue weighted by Crippen LogP contribution is -2.56. The van der Waals surface area contributed by atoms with Gasteiger partial charge >= 0.3 is 0 Å². The number of aliphatic hydroxyl groups excluding tert-OH is 1. The fraction of sp³-hybridized carbons (Fsp3) is 0.615. The highest BCUT2D eigenvalue weighted by Gasteiger charge is 2.35. The lowest BCUT2D eigenvalue weighted by molar-refractivity contribution is -0.165. The highest BCUT2D eigenvalue weighted by molar-refractivity contribution is 8.01. The molecule has 1 saturated heterocycles. The molecular formula is C13H19NO3S2. The Hall–Kier alpha value is -0.560. The van der Waals surface area contributed by atoms with Gasteiger partial charge in [-0.05, 0) is 25.3 Å². The van der Waals surface area contributed by atoms with Gasteiger partial charge in [0.15, 0.2) is 0 Å². The summed E-state index contributed by atoms with van der Waals surface area (Å²) in [6, 6.07) is 4.00. The van der Waals surface area contributed by atoms with Gasteiger partial charge in [0, 0.05) is 13.1 Å². The van der Waals surface area contributed by atoms with E-state index in [2.05, 4.69) is 0 Å². The number of carbonyl (C=O) groups is 1. The van der Waals surface area contributed by atoms with Gasteiger partial charge in [-0.2, -0.15) is 0 Å². The van der Waals surface area contributed by atoms with Gasteiger partial charge in [0.25, 0.3) is 0 Å². The van der Waals surface area contributed by atoms with E-state index >= 15 is 0 Å². The standard InChI is InChI=1S/C13H19NO3S2/c1-13(2)9-14(6-10(7-15)17-13)11(16)8-19-12-4-3-5-18-12/h3-5,10,15H,6-9H2,1-2H3. The molecule has 1 amide bonds. The van der Waals surface area contributed by atoms with Crippen molar-refractivity contribution in [1.29, 1.82) is 0 Å². The molecule has 1 aliphatic rings. The van der Waals surface area contributed by atoms with Crippen molar-refractivity contribution in [3.05, 3.63) is 17.5 Å². The van der Waals surface area contributed by atoms with E-state index in [0.29, 0.717) is 18.8 Å². The third-order valence-electron chi connectivity index (χ3n) is 2.87. The quantitative estimate of drug-likeness (QED) is 0.862.